The molecule has 0 amide bonds. The zero-order chi connectivity index (χ0) is 14.3. The smallest absolute Gasteiger partial charge is 0.144 e. The molecule has 20 heavy (non-hydrogen) atoms. The predicted molar refractivity (Wildman–Crippen MR) is 80.2 cm³/mol. The lowest BCUT2D eigenvalue weighted by atomic mass is 10.2. The van der Waals surface area contributed by atoms with Crippen LogP contribution in [0.4, 0.5) is 0 Å². The van der Waals surface area contributed by atoms with Crippen molar-refractivity contribution in [3.63, 3.8) is 0 Å². The number of aromatic nitrogens is 4. The van der Waals surface area contributed by atoms with E-state index in [1.165, 1.54) is 0 Å². The molecule has 5 nitrogen and oxygen atoms in total. The van der Waals surface area contributed by atoms with Gasteiger partial charge in [0, 0.05) is 26.3 Å². The minimum absolute atomic E-state index is 0.538. The van der Waals surface area contributed by atoms with Gasteiger partial charge in [-0.05, 0) is 31.5 Å². The first-order valence-corrected chi connectivity index (χ1v) is 6.84. The van der Waals surface area contributed by atoms with Crippen LogP contribution in [0.25, 0.3) is 22.4 Å². The Balaban J connectivity index is 2.27. The maximum atomic E-state index is 5.71. The molecule has 0 radical (unpaired) electrons. The van der Waals surface area contributed by atoms with E-state index in [9.17, 15) is 0 Å². The zero-order valence-electron chi connectivity index (χ0n) is 12.1. The van der Waals surface area contributed by atoms with Gasteiger partial charge in [0.1, 0.15) is 5.82 Å². The van der Waals surface area contributed by atoms with E-state index < -0.39 is 0 Å². The Morgan fingerprint density at radius 2 is 2.10 bits per heavy atom. The second-order valence-electron chi connectivity index (χ2n) is 5.01. The molecule has 0 saturated carbocycles. The molecule has 1 aromatic carbocycles. The van der Waals surface area contributed by atoms with Crippen LogP contribution >= 0.6 is 0 Å². The van der Waals surface area contributed by atoms with Crippen LogP contribution in [0, 0.1) is 6.92 Å². The maximum absolute atomic E-state index is 5.71. The fourth-order valence-corrected chi connectivity index (χ4v) is 2.65. The van der Waals surface area contributed by atoms with Gasteiger partial charge in [-0.15, -0.1) is 0 Å². The standard InChI is InChI=1S/C15H19N5/c1-4-20-14-6-5-11(8-16)7-13(14)17-15(20)12-9-19(3)18-10(12)2/h5-7,9H,4,8,16H2,1-3H3. The normalized spacial score (nSPS) is 11.4. The van der Waals surface area contributed by atoms with Crippen molar-refractivity contribution in [3.05, 3.63) is 35.7 Å². The van der Waals surface area contributed by atoms with Crippen LogP contribution in [0.1, 0.15) is 18.2 Å². The van der Waals surface area contributed by atoms with E-state index in [0.717, 1.165) is 40.2 Å². The van der Waals surface area contributed by atoms with E-state index in [0.29, 0.717) is 6.54 Å². The Bertz CT molecular complexity index is 766. The van der Waals surface area contributed by atoms with E-state index in [1.807, 2.05) is 24.9 Å². The molecular weight excluding hydrogens is 250 g/mol. The Morgan fingerprint density at radius 3 is 2.70 bits per heavy atom. The van der Waals surface area contributed by atoms with Gasteiger partial charge in [0.15, 0.2) is 0 Å². The lowest BCUT2D eigenvalue weighted by Gasteiger charge is -2.05. The molecule has 0 saturated heterocycles. The van der Waals surface area contributed by atoms with Crippen molar-refractivity contribution >= 4 is 11.0 Å². The number of imidazole rings is 1. The van der Waals surface area contributed by atoms with E-state index in [4.69, 9.17) is 10.7 Å². The summed E-state index contributed by atoms with van der Waals surface area (Å²) in [5.41, 5.74) is 11.0. The number of hydrogen-bond donors (Lipinski definition) is 1. The van der Waals surface area contributed by atoms with Crippen LogP contribution in [0.3, 0.4) is 0 Å². The molecule has 5 heteroatoms. The summed E-state index contributed by atoms with van der Waals surface area (Å²) in [5, 5.41) is 4.41. The van der Waals surface area contributed by atoms with Crippen LogP contribution in [0.2, 0.25) is 0 Å². The van der Waals surface area contributed by atoms with Gasteiger partial charge in [0.05, 0.1) is 22.3 Å². The van der Waals surface area contributed by atoms with Gasteiger partial charge in [-0.1, -0.05) is 6.07 Å². The van der Waals surface area contributed by atoms with Crippen molar-refractivity contribution in [2.45, 2.75) is 26.9 Å². The van der Waals surface area contributed by atoms with Crippen LogP contribution in [0.15, 0.2) is 24.4 Å². The van der Waals surface area contributed by atoms with E-state index in [2.05, 4.69) is 34.8 Å². The molecule has 3 aromatic rings. The van der Waals surface area contributed by atoms with Crippen molar-refractivity contribution in [3.8, 4) is 11.4 Å². The summed E-state index contributed by atoms with van der Waals surface area (Å²) in [6.45, 7) is 5.56. The van der Waals surface area contributed by atoms with E-state index >= 15 is 0 Å². The predicted octanol–water partition coefficient (Wildman–Crippen LogP) is 2.22. The third kappa shape index (κ3) is 1.91. The van der Waals surface area contributed by atoms with Crippen molar-refractivity contribution in [2.75, 3.05) is 0 Å². The molecule has 3 rings (SSSR count). The lowest BCUT2D eigenvalue weighted by molar-refractivity contribution is 0.756. The Kier molecular flexibility index (Phi) is 3.06. The highest BCUT2D eigenvalue weighted by Gasteiger charge is 2.15. The largest absolute Gasteiger partial charge is 0.326 e. The fourth-order valence-electron chi connectivity index (χ4n) is 2.65. The lowest BCUT2D eigenvalue weighted by Crippen LogP contribution is -1.98. The van der Waals surface area contributed by atoms with Crippen molar-refractivity contribution < 1.29 is 0 Å². The van der Waals surface area contributed by atoms with E-state index in [-0.39, 0.29) is 0 Å². The molecule has 0 aliphatic heterocycles. The molecule has 0 unspecified atom stereocenters. The van der Waals surface area contributed by atoms with Crippen LogP contribution in [-0.2, 0) is 20.1 Å². The number of fused-ring (bicyclic) bond motifs is 1. The Morgan fingerprint density at radius 1 is 1.30 bits per heavy atom. The second-order valence-corrected chi connectivity index (χ2v) is 5.01. The fraction of sp³-hybridized carbons (Fsp3) is 0.333. The summed E-state index contributed by atoms with van der Waals surface area (Å²) in [4.78, 5) is 4.79. The van der Waals surface area contributed by atoms with Gasteiger partial charge < -0.3 is 10.3 Å². The van der Waals surface area contributed by atoms with Crippen LogP contribution in [-0.4, -0.2) is 19.3 Å². The summed E-state index contributed by atoms with van der Waals surface area (Å²) < 4.78 is 4.05. The molecule has 0 bridgehead atoms. The summed E-state index contributed by atoms with van der Waals surface area (Å²) in [6, 6.07) is 6.23. The summed E-state index contributed by atoms with van der Waals surface area (Å²) in [7, 11) is 1.93. The third-order valence-corrected chi connectivity index (χ3v) is 3.62. The van der Waals surface area contributed by atoms with E-state index in [1.54, 1.807) is 0 Å². The molecule has 0 atom stereocenters. The Hall–Kier alpha value is -2.14. The van der Waals surface area contributed by atoms with Gasteiger partial charge in [0.25, 0.3) is 0 Å². The number of nitrogens with zero attached hydrogens (tertiary/aromatic N) is 4. The number of rotatable bonds is 3. The number of benzene rings is 1. The molecule has 0 spiro atoms. The summed E-state index contributed by atoms with van der Waals surface area (Å²) in [6.07, 6.45) is 2.02. The summed E-state index contributed by atoms with van der Waals surface area (Å²) in [5.74, 6) is 0.974. The van der Waals surface area contributed by atoms with Crippen molar-refractivity contribution in [1.29, 1.82) is 0 Å². The monoisotopic (exact) mass is 269 g/mol. The first-order valence-electron chi connectivity index (χ1n) is 6.84. The molecule has 2 N–H and O–H groups in total. The van der Waals surface area contributed by atoms with Gasteiger partial charge in [0.2, 0.25) is 0 Å². The molecule has 0 fully saturated rings. The first-order chi connectivity index (χ1) is 9.63. The minimum Gasteiger partial charge on any atom is -0.326 e. The minimum atomic E-state index is 0.538. The molecule has 2 heterocycles. The zero-order valence-corrected chi connectivity index (χ0v) is 12.1. The molecule has 2 aromatic heterocycles. The van der Waals surface area contributed by atoms with Crippen molar-refractivity contribution in [2.24, 2.45) is 12.8 Å². The quantitative estimate of drug-likeness (QED) is 0.793. The molecule has 0 aliphatic rings. The average Bonchev–Trinajstić information content (AvgIpc) is 2.96. The van der Waals surface area contributed by atoms with Gasteiger partial charge in [-0.3, -0.25) is 4.68 Å². The SMILES string of the molecule is CCn1c(-c2cn(C)nc2C)nc2cc(CN)ccc21. The third-order valence-electron chi connectivity index (χ3n) is 3.62. The topological polar surface area (TPSA) is 61.7 Å². The number of nitrogens with two attached hydrogens (primary N) is 1. The second kappa shape index (κ2) is 4.76. The van der Waals surface area contributed by atoms with Crippen LogP contribution < -0.4 is 5.73 Å². The molecule has 104 valence electrons. The highest BCUT2D eigenvalue weighted by Crippen LogP contribution is 2.27. The molecule has 0 aliphatic carbocycles. The average molecular weight is 269 g/mol. The number of hydrogen-bond acceptors (Lipinski definition) is 3. The van der Waals surface area contributed by atoms with Crippen molar-refractivity contribution in [1.82, 2.24) is 19.3 Å². The summed E-state index contributed by atoms with van der Waals surface area (Å²) >= 11 is 0. The van der Waals surface area contributed by atoms with Gasteiger partial charge in [-0.2, -0.15) is 5.10 Å². The highest BCUT2D eigenvalue weighted by molar-refractivity contribution is 5.81. The highest BCUT2D eigenvalue weighted by atomic mass is 15.3. The molecular formula is C15H19N5. The first kappa shape index (κ1) is 12.9. The Labute approximate surface area is 118 Å². The number of aryl methyl sites for hydroxylation is 3. The van der Waals surface area contributed by atoms with Gasteiger partial charge >= 0.3 is 0 Å². The van der Waals surface area contributed by atoms with Crippen LogP contribution in [0.5, 0.6) is 0 Å². The maximum Gasteiger partial charge on any atom is 0.144 e. The van der Waals surface area contributed by atoms with Gasteiger partial charge in [-0.25, -0.2) is 4.98 Å².